The average molecular weight is 322 g/mol. The second kappa shape index (κ2) is 7.81. The molecule has 1 amide bonds. The second-order valence-corrected chi connectivity index (χ2v) is 7.32. The molecule has 0 bridgehead atoms. The summed E-state index contributed by atoms with van der Waals surface area (Å²) in [6, 6.07) is 2.39. The van der Waals surface area contributed by atoms with Crippen LogP contribution in [0.15, 0.2) is 12.3 Å². The number of carbonyl (C=O) groups is 1. The summed E-state index contributed by atoms with van der Waals surface area (Å²) in [6.07, 6.45) is 7.09. The van der Waals surface area contributed by atoms with E-state index < -0.39 is 5.60 Å². The van der Waals surface area contributed by atoms with E-state index in [4.69, 9.17) is 4.74 Å². The highest BCUT2D eigenvalue weighted by molar-refractivity contribution is 5.68. The minimum atomic E-state index is -0.466. The second-order valence-electron chi connectivity index (χ2n) is 7.32. The van der Waals surface area contributed by atoms with E-state index >= 15 is 0 Å². The summed E-state index contributed by atoms with van der Waals surface area (Å²) in [5.41, 5.74) is 0.678. The topological polar surface area (TPSA) is 68.2 Å². The largest absolute Gasteiger partial charge is 0.444 e. The summed E-state index contributed by atoms with van der Waals surface area (Å²) in [5, 5.41) is 10.8. The molecule has 23 heavy (non-hydrogen) atoms. The van der Waals surface area contributed by atoms with Crippen molar-refractivity contribution in [2.45, 2.75) is 77.1 Å². The fourth-order valence-corrected chi connectivity index (χ4v) is 2.99. The van der Waals surface area contributed by atoms with E-state index in [0.29, 0.717) is 0 Å². The Kier molecular flexibility index (Phi) is 6.04. The molecule has 2 atom stereocenters. The number of ether oxygens (including phenoxy) is 1. The van der Waals surface area contributed by atoms with Crippen molar-refractivity contribution in [3.8, 4) is 0 Å². The van der Waals surface area contributed by atoms with Crippen molar-refractivity contribution >= 4 is 6.09 Å². The van der Waals surface area contributed by atoms with Gasteiger partial charge in [-0.25, -0.2) is 4.79 Å². The Bertz CT molecular complexity index is 507. The standard InChI is InChI=1S/C17H30N4O2/c1-17(2,3)23-16(22)20-15-9-7-5-6-8-14(15)18-12-13-10-11-19-21(13)4/h10-11,14-15,18H,5-9,12H2,1-4H3,(H,20,22)/t14-,15-/m0/s1. The van der Waals surface area contributed by atoms with Crippen LogP contribution in [0.1, 0.15) is 58.6 Å². The molecule has 2 rings (SSSR count). The maximum Gasteiger partial charge on any atom is 0.407 e. The van der Waals surface area contributed by atoms with Crippen LogP contribution in [0.4, 0.5) is 4.79 Å². The monoisotopic (exact) mass is 322 g/mol. The Morgan fingerprint density at radius 2 is 2.00 bits per heavy atom. The maximum absolute atomic E-state index is 12.1. The summed E-state index contributed by atoms with van der Waals surface area (Å²) < 4.78 is 7.28. The zero-order valence-electron chi connectivity index (χ0n) is 14.8. The molecule has 6 nitrogen and oxygen atoms in total. The lowest BCUT2D eigenvalue weighted by Gasteiger charge is -2.29. The van der Waals surface area contributed by atoms with Gasteiger partial charge in [0.05, 0.1) is 5.69 Å². The first-order chi connectivity index (χ1) is 10.8. The molecule has 1 aliphatic carbocycles. The molecule has 1 aliphatic rings. The fraction of sp³-hybridized carbons (Fsp3) is 0.765. The number of aromatic nitrogens is 2. The first kappa shape index (κ1) is 17.8. The molecule has 0 unspecified atom stereocenters. The van der Waals surface area contributed by atoms with Crippen LogP contribution in [0.5, 0.6) is 0 Å². The van der Waals surface area contributed by atoms with Crippen molar-refractivity contribution in [3.63, 3.8) is 0 Å². The predicted octanol–water partition coefficient (Wildman–Crippen LogP) is 2.74. The molecule has 130 valence electrons. The van der Waals surface area contributed by atoms with Crippen LogP contribution in [0.25, 0.3) is 0 Å². The van der Waals surface area contributed by atoms with Crippen molar-refractivity contribution < 1.29 is 9.53 Å². The van der Waals surface area contributed by atoms with Crippen LogP contribution in [0.3, 0.4) is 0 Å². The first-order valence-corrected chi connectivity index (χ1v) is 8.55. The molecule has 2 N–H and O–H groups in total. The molecule has 0 aliphatic heterocycles. The van der Waals surface area contributed by atoms with Crippen molar-refractivity contribution in [2.24, 2.45) is 7.05 Å². The van der Waals surface area contributed by atoms with Crippen LogP contribution in [0.2, 0.25) is 0 Å². The van der Waals surface area contributed by atoms with E-state index in [2.05, 4.69) is 15.7 Å². The molecule has 0 spiro atoms. The lowest BCUT2D eigenvalue weighted by atomic mass is 10.0. The van der Waals surface area contributed by atoms with Crippen LogP contribution in [-0.4, -0.2) is 33.6 Å². The molecular formula is C17H30N4O2. The summed E-state index contributed by atoms with van der Waals surface area (Å²) in [7, 11) is 1.94. The lowest BCUT2D eigenvalue weighted by molar-refractivity contribution is 0.0489. The Morgan fingerprint density at radius 3 is 2.61 bits per heavy atom. The van der Waals surface area contributed by atoms with Gasteiger partial charge >= 0.3 is 6.09 Å². The van der Waals surface area contributed by atoms with E-state index in [1.54, 1.807) is 6.20 Å². The predicted molar refractivity (Wildman–Crippen MR) is 90.1 cm³/mol. The van der Waals surface area contributed by atoms with Gasteiger partial charge in [-0.3, -0.25) is 4.68 Å². The zero-order valence-corrected chi connectivity index (χ0v) is 14.8. The quantitative estimate of drug-likeness (QED) is 0.836. The fourth-order valence-electron chi connectivity index (χ4n) is 2.99. The SMILES string of the molecule is Cn1nccc1CN[C@H]1CCCCC[C@@H]1NC(=O)OC(C)(C)C. The van der Waals surface area contributed by atoms with Crippen LogP contribution in [0, 0.1) is 0 Å². The van der Waals surface area contributed by atoms with Crippen molar-refractivity contribution in [2.75, 3.05) is 0 Å². The number of nitrogens with one attached hydrogen (secondary N) is 2. The summed E-state index contributed by atoms with van der Waals surface area (Å²) in [6.45, 7) is 6.42. The Balaban J connectivity index is 1.93. The summed E-state index contributed by atoms with van der Waals surface area (Å²) >= 11 is 0. The molecule has 0 aromatic carbocycles. The number of aryl methyl sites for hydroxylation is 1. The van der Waals surface area contributed by atoms with Gasteiger partial charge in [0, 0.05) is 31.9 Å². The van der Waals surface area contributed by atoms with Gasteiger partial charge in [-0.15, -0.1) is 0 Å². The third kappa shape index (κ3) is 5.86. The number of nitrogens with zero attached hydrogens (tertiary/aromatic N) is 2. The summed E-state index contributed by atoms with van der Waals surface area (Å²) in [5.74, 6) is 0. The van der Waals surface area contributed by atoms with Crippen molar-refractivity contribution in [1.82, 2.24) is 20.4 Å². The molecule has 1 saturated carbocycles. The molecule has 0 radical (unpaired) electrons. The average Bonchev–Trinajstić information content (AvgIpc) is 2.71. The van der Waals surface area contributed by atoms with E-state index in [1.807, 2.05) is 38.6 Å². The Morgan fingerprint density at radius 1 is 1.30 bits per heavy atom. The Hall–Kier alpha value is -1.56. The number of carbonyl (C=O) groups excluding carboxylic acids is 1. The number of hydrogen-bond donors (Lipinski definition) is 2. The third-order valence-corrected chi connectivity index (χ3v) is 4.19. The minimum absolute atomic E-state index is 0.112. The van der Waals surface area contributed by atoms with E-state index in [9.17, 15) is 4.79 Å². The van der Waals surface area contributed by atoms with Gasteiger partial charge in [-0.05, 0) is 39.7 Å². The lowest BCUT2D eigenvalue weighted by Crippen LogP contribution is -2.50. The highest BCUT2D eigenvalue weighted by Crippen LogP contribution is 2.19. The smallest absolute Gasteiger partial charge is 0.407 e. The van der Waals surface area contributed by atoms with E-state index in [-0.39, 0.29) is 18.2 Å². The maximum atomic E-state index is 12.1. The Labute approximate surface area is 139 Å². The zero-order chi connectivity index (χ0) is 16.9. The van der Waals surface area contributed by atoms with Gasteiger partial charge in [0.2, 0.25) is 0 Å². The van der Waals surface area contributed by atoms with Gasteiger partial charge in [0.25, 0.3) is 0 Å². The molecule has 6 heteroatoms. The molecule has 1 fully saturated rings. The van der Waals surface area contributed by atoms with Gasteiger partial charge < -0.3 is 15.4 Å². The normalized spacial score (nSPS) is 22.4. The van der Waals surface area contributed by atoms with Crippen molar-refractivity contribution in [1.29, 1.82) is 0 Å². The van der Waals surface area contributed by atoms with Crippen molar-refractivity contribution in [3.05, 3.63) is 18.0 Å². The van der Waals surface area contributed by atoms with Crippen LogP contribution in [-0.2, 0) is 18.3 Å². The number of alkyl carbamates (subject to hydrolysis) is 1. The van der Waals surface area contributed by atoms with E-state index in [0.717, 1.165) is 31.5 Å². The van der Waals surface area contributed by atoms with Crippen LogP contribution < -0.4 is 10.6 Å². The molecule has 1 aromatic rings. The molecular weight excluding hydrogens is 292 g/mol. The number of rotatable bonds is 4. The highest BCUT2D eigenvalue weighted by Gasteiger charge is 2.27. The minimum Gasteiger partial charge on any atom is -0.444 e. The van der Waals surface area contributed by atoms with E-state index in [1.165, 1.54) is 12.8 Å². The van der Waals surface area contributed by atoms with Gasteiger partial charge in [-0.1, -0.05) is 19.3 Å². The molecule has 1 aromatic heterocycles. The highest BCUT2D eigenvalue weighted by atomic mass is 16.6. The molecule has 0 saturated heterocycles. The van der Waals surface area contributed by atoms with Crippen LogP contribution >= 0.6 is 0 Å². The van der Waals surface area contributed by atoms with Gasteiger partial charge in [-0.2, -0.15) is 5.10 Å². The van der Waals surface area contributed by atoms with Gasteiger partial charge in [0.15, 0.2) is 0 Å². The van der Waals surface area contributed by atoms with Gasteiger partial charge in [0.1, 0.15) is 5.60 Å². The first-order valence-electron chi connectivity index (χ1n) is 8.55. The number of hydrogen-bond acceptors (Lipinski definition) is 4. The number of amides is 1. The third-order valence-electron chi connectivity index (χ3n) is 4.19. The summed E-state index contributed by atoms with van der Waals surface area (Å²) in [4.78, 5) is 12.1. The molecule has 1 heterocycles.